The van der Waals surface area contributed by atoms with E-state index in [2.05, 4.69) is 79.7 Å². The third-order valence-corrected chi connectivity index (χ3v) is 6.26. The van der Waals surface area contributed by atoms with Gasteiger partial charge in [-0.15, -0.1) is 0 Å². The van der Waals surface area contributed by atoms with Gasteiger partial charge >= 0.3 is 0 Å². The van der Waals surface area contributed by atoms with E-state index >= 15 is 0 Å². The van der Waals surface area contributed by atoms with Gasteiger partial charge in [0.15, 0.2) is 0 Å². The molecule has 2 aromatic rings. The van der Waals surface area contributed by atoms with Crippen molar-refractivity contribution < 1.29 is 0 Å². The fourth-order valence-corrected chi connectivity index (χ4v) is 4.18. The monoisotopic (exact) mass is 356 g/mol. The first-order chi connectivity index (χ1) is 11.8. The molecule has 25 heavy (non-hydrogen) atoms. The summed E-state index contributed by atoms with van der Waals surface area (Å²) >= 11 is 1.86. The van der Waals surface area contributed by atoms with E-state index in [0.717, 1.165) is 18.8 Å². The maximum atomic E-state index is 4.53. The molecule has 2 heterocycles. The van der Waals surface area contributed by atoms with Crippen LogP contribution in [0.15, 0.2) is 36.0 Å². The minimum atomic E-state index is 0.119. The van der Waals surface area contributed by atoms with Crippen LogP contribution in [0.3, 0.4) is 0 Å². The molecule has 0 saturated carbocycles. The number of hydrogen-bond donors (Lipinski definition) is 1. The Balaban J connectivity index is 1.86. The lowest BCUT2D eigenvalue weighted by atomic mass is 10.1. The number of rotatable bonds is 4. The molecule has 0 aliphatic carbocycles. The molecule has 1 N–H and O–H groups in total. The number of aryl methyl sites for hydroxylation is 2. The van der Waals surface area contributed by atoms with Crippen molar-refractivity contribution in [2.75, 3.05) is 6.54 Å². The zero-order valence-electron chi connectivity index (χ0n) is 16.1. The van der Waals surface area contributed by atoms with Gasteiger partial charge in [-0.25, -0.2) is 4.31 Å². The summed E-state index contributed by atoms with van der Waals surface area (Å²) in [5.74, 6) is 0. The van der Waals surface area contributed by atoms with Gasteiger partial charge in [-0.2, -0.15) is 5.10 Å². The highest BCUT2D eigenvalue weighted by Crippen LogP contribution is 2.43. The predicted octanol–water partition coefficient (Wildman–Crippen LogP) is 4.26. The summed E-state index contributed by atoms with van der Waals surface area (Å²) in [6, 6.07) is 10.7. The van der Waals surface area contributed by atoms with Crippen molar-refractivity contribution in [1.82, 2.24) is 19.4 Å². The van der Waals surface area contributed by atoms with Crippen molar-refractivity contribution >= 4 is 16.9 Å². The maximum absolute atomic E-state index is 4.53. The van der Waals surface area contributed by atoms with Crippen LogP contribution in [0.1, 0.15) is 43.3 Å². The highest BCUT2D eigenvalue weighted by atomic mass is 32.2. The minimum absolute atomic E-state index is 0.119. The second-order valence-corrected chi connectivity index (χ2v) is 8.63. The predicted molar refractivity (Wildman–Crippen MR) is 107 cm³/mol. The zero-order valence-corrected chi connectivity index (χ0v) is 16.9. The smallest absolute Gasteiger partial charge is 0.0646 e. The normalized spacial score (nSPS) is 15.9. The Morgan fingerprint density at radius 3 is 2.40 bits per heavy atom. The molecule has 0 fully saturated rings. The molecule has 1 aromatic heterocycles. The van der Waals surface area contributed by atoms with Gasteiger partial charge < -0.3 is 5.32 Å². The number of hydrogen-bond acceptors (Lipinski definition) is 4. The molecule has 5 heteroatoms. The molecule has 0 saturated heterocycles. The van der Waals surface area contributed by atoms with Gasteiger partial charge in [0.2, 0.25) is 0 Å². The Morgan fingerprint density at radius 1 is 1.16 bits per heavy atom. The fraction of sp³-hybridized carbons (Fsp3) is 0.450. The molecule has 1 aromatic carbocycles. The molecule has 0 amide bonds. The Hall–Kier alpha value is -1.72. The van der Waals surface area contributed by atoms with E-state index in [-0.39, 0.29) is 5.54 Å². The van der Waals surface area contributed by atoms with Gasteiger partial charge in [0, 0.05) is 36.1 Å². The van der Waals surface area contributed by atoms with Crippen molar-refractivity contribution in [3.63, 3.8) is 0 Å². The van der Waals surface area contributed by atoms with Crippen LogP contribution in [0.2, 0.25) is 0 Å². The molecule has 1 aliphatic rings. The van der Waals surface area contributed by atoms with Crippen LogP contribution in [0.4, 0.5) is 0 Å². The van der Waals surface area contributed by atoms with E-state index in [1.165, 1.54) is 27.4 Å². The lowest BCUT2D eigenvalue weighted by Crippen LogP contribution is -2.36. The SMILES string of the molecule is Cc1nn(C)c(C)c1CNC1=C(c2ccccc2)SN(C(C)(C)C)C1. The van der Waals surface area contributed by atoms with Crippen LogP contribution in [0, 0.1) is 13.8 Å². The van der Waals surface area contributed by atoms with E-state index in [1.807, 2.05) is 23.7 Å². The van der Waals surface area contributed by atoms with E-state index < -0.39 is 0 Å². The summed E-state index contributed by atoms with van der Waals surface area (Å²) in [4.78, 5) is 1.33. The van der Waals surface area contributed by atoms with Gasteiger partial charge in [-0.3, -0.25) is 4.68 Å². The molecular weight excluding hydrogens is 328 g/mol. The van der Waals surface area contributed by atoms with Crippen LogP contribution in [-0.4, -0.2) is 26.2 Å². The van der Waals surface area contributed by atoms with Crippen molar-refractivity contribution in [3.05, 3.63) is 58.5 Å². The molecule has 0 spiro atoms. The lowest BCUT2D eigenvalue weighted by molar-refractivity contribution is 0.293. The highest BCUT2D eigenvalue weighted by Gasteiger charge is 2.32. The average Bonchev–Trinajstić information content (AvgIpc) is 3.09. The molecule has 3 rings (SSSR count). The maximum Gasteiger partial charge on any atom is 0.0646 e. The van der Waals surface area contributed by atoms with Crippen molar-refractivity contribution in [3.8, 4) is 0 Å². The van der Waals surface area contributed by atoms with Gasteiger partial charge in [0.25, 0.3) is 0 Å². The Bertz CT molecular complexity index is 784. The van der Waals surface area contributed by atoms with Crippen molar-refractivity contribution in [2.24, 2.45) is 7.05 Å². The molecule has 0 bridgehead atoms. The van der Waals surface area contributed by atoms with Crippen LogP contribution in [0.5, 0.6) is 0 Å². The first kappa shape index (κ1) is 18.1. The summed E-state index contributed by atoms with van der Waals surface area (Å²) in [6.45, 7) is 12.8. The molecule has 134 valence electrons. The van der Waals surface area contributed by atoms with Gasteiger partial charge in [0.1, 0.15) is 0 Å². The number of nitrogens with zero attached hydrogens (tertiary/aromatic N) is 3. The average molecular weight is 357 g/mol. The second-order valence-electron chi connectivity index (χ2n) is 7.60. The van der Waals surface area contributed by atoms with Gasteiger partial charge in [-0.05, 0) is 52.1 Å². The van der Waals surface area contributed by atoms with Crippen LogP contribution in [0.25, 0.3) is 4.91 Å². The van der Waals surface area contributed by atoms with Crippen LogP contribution >= 0.6 is 11.9 Å². The number of benzene rings is 1. The summed E-state index contributed by atoms with van der Waals surface area (Å²) in [5.41, 5.74) is 6.32. The Morgan fingerprint density at radius 2 is 1.84 bits per heavy atom. The Labute approximate surface area is 155 Å². The highest BCUT2D eigenvalue weighted by molar-refractivity contribution is 8.06. The zero-order chi connectivity index (χ0) is 18.2. The van der Waals surface area contributed by atoms with E-state index in [9.17, 15) is 0 Å². The fourth-order valence-electron chi connectivity index (χ4n) is 3.01. The van der Waals surface area contributed by atoms with Gasteiger partial charge in [-0.1, -0.05) is 30.3 Å². The van der Waals surface area contributed by atoms with Crippen molar-refractivity contribution in [2.45, 2.75) is 46.7 Å². The molecule has 4 nitrogen and oxygen atoms in total. The molecule has 0 unspecified atom stereocenters. The summed E-state index contributed by atoms with van der Waals surface area (Å²) in [5, 5.41) is 8.24. The van der Waals surface area contributed by atoms with E-state index in [1.54, 1.807) is 0 Å². The summed E-state index contributed by atoms with van der Waals surface area (Å²) < 4.78 is 4.41. The summed E-state index contributed by atoms with van der Waals surface area (Å²) in [7, 11) is 2.01. The van der Waals surface area contributed by atoms with E-state index in [0.29, 0.717) is 0 Å². The third-order valence-electron chi connectivity index (χ3n) is 4.70. The lowest BCUT2D eigenvalue weighted by Gasteiger charge is -2.30. The first-order valence-electron chi connectivity index (χ1n) is 8.74. The standard InChI is InChI=1S/C20H28N4S/c1-14-17(15(2)23(6)22-14)12-21-18-13-24(20(3,4)5)25-19(18)16-10-8-7-9-11-16/h7-11,21H,12-13H2,1-6H3. The molecule has 1 aliphatic heterocycles. The minimum Gasteiger partial charge on any atom is -0.382 e. The third kappa shape index (κ3) is 3.77. The number of aromatic nitrogens is 2. The molecule has 0 radical (unpaired) electrons. The second kappa shape index (κ2) is 6.89. The number of nitrogens with one attached hydrogen (secondary N) is 1. The quantitative estimate of drug-likeness (QED) is 0.830. The van der Waals surface area contributed by atoms with Gasteiger partial charge in [0.05, 0.1) is 17.1 Å². The van der Waals surface area contributed by atoms with E-state index in [4.69, 9.17) is 0 Å². The van der Waals surface area contributed by atoms with Crippen LogP contribution in [-0.2, 0) is 13.6 Å². The largest absolute Gasteiger partial charge is 0.382 e. The molecular formula is C20H28N4S. The van der Waals surface area contributed by atoms with Crippen LogP contribution < -0.4 is 5.32 Å². The Kier molecular flexibility index (Phi) is 4.98. The molecule has 0 atom stereocenters. The van der Waals surface area contributed by atoms with Crippen molar-refractivity contribution in [1.29, 1.82) is 0 Å². The topological polar surface area (TPSA) is 33.1 Å². The first-order valence-corrected chi connectivity index (χ1v) is 9.52. The summed E-state index contributed by atoms with van der Waals surface area (Å²) in [6.07, 6.45) is 0.